The average molecular weight is 317 g/mol. The van der Waals surface area contributed by atoms with Gasteiger partial charge in [0.25, 0.3) is 0 Å². The lowest BCUT2D eigenvalue weighted by atomic mass is 9.92. The van der Waals surface area contributed by atoms with Crippen molar-refractivity contribution in [2.24, 2.45) is 16.4 Å². The fraction of sp³-hybridized carbons (Fsp3) is 0.278. The smallest absolute Gasteiger partial charge is 0.156 e. The zero-order chi connectivity index (χ0) is 17.2. The topological polar surface area (TPSA) is 43.3 Å². The molecule has 0 radical (unpaired) electrons. The SMILES string of the molecule is C=C(n1cc(Cc2ccc(F)cc2F)cc/c1=N/N)C(C)(C)C. The number of nitrogens with two attached hydrogens (primary N) is 1. The Balaban J connectivity index is 2.44. The summed E-state index contributed by atoms with van der Waals surface area (Å²) in [6.45, 7) is 10.2. The maximum atomic E-state index is 13.8. The Morgan fingerprint density at radius 1 is 1.22 bits per heavy atom. The molecule has 5 heteroatoms. The summed E-state index contributed by atoms with van der Waals surface area (Å²) in [6, 6.07) is 7.18. The lowest BCUT2D eigenvalue weighted by Crippen LogP contribution is -2.26. The molecule has 2 N–H and O–H groups in total. The zero-order valence-electron chi connectivity index (χ0n) is 13.6. The summed E-state index contributed by atoms with van der Waals surface area (Å²) in [5.41, 5.74) is 2.49. The number of pyridine rings is 1. The predicted molar refractivity (Wildman–Crippen MR) is 88.1 cm³/mol. The van der Waals surface area contributed by atoms with Gasteiger partial charge in [0.1, 0.15) is 11.6 Å². The normalized spacial score (nSPS) is 12.5. The summed E-state index contributed by atoms with van der Waals surface area (Å²) in [6.07, 6.45) is 2.18. The molecule has 2 rings (SSSR count). The van der Waals surface area contributed by atoms with E-state index in [1.54, 1.807) is 10.6 Å². The Labute approximate surface area is 134 Å². The maximum absolute atomic E-state index is 13.8. The van der Waals surface area contributed by atoms with Gasteiger partial charge in [-0.2, -0.15) is 5.10 Å². The molecule has 1 aromatic carbocycles. The van der Waals surface area contributed by atoms with Crippen molar-refractivity contribution in [2.45, 2.75) is 27.2 Å². The molecule has 0 aliphatic carbocycles. The van der Waals surface area contributed by atoms with E-state index in [0.717, 1.165) is 17.3 Å². The van der Waals surface area contributed by atoms with Gasteiger partial charge in [-0.15, -0.1) is 0 Å². The standard InChI is InChI=1S/C18H21F2N3/c1-12(18(2,3)4)23-11-13(5-8-17(23)22-21)9-14-6-7-15(19)10-16(14)20/h5-8,10-11H,1,9,21H2,2-4H3/b22-17-. The first-order chi connectivity index (χ1) is 10.7. The second kappa shape index (κ2) is 6.36. The molecule has 3 nitrogen and oxygen atoms in total. The summed E-state index contributed by atoms with van der Waals surface area (Å²) in [5, 5.41) is 3.76. The molecular weight excluding hydrogens is 296 g/mol. The van der Waals surface area contributed by atoms with Gasteiger partial charge in [-0.3, -0.25) is 0 Å². The van der Waals surface area contributed by atoms with Crippen LogP contribution >= 0.6 is 0 Å². The van der Waals surface area contributed by atoms with E-state index in [-0.39, 0.29) is 5.41 Å². The fourth-order valence-electron chi connectivity index (χ4n) is 2.21. The van der Waals surface area contributed by atoms with Gasteiger partial charge in [0.15, 0.2) is 5.49 Å². The molecule has 0 aliphatic heterocycles. The predicted octanol–water partition coefficient (Wildman–Crippen LogP) is 3.65. The summed E-state index contributed by atoms with van der Waals surface area (Å²) in [4.78, 5) is 0. The van der Waals surface area contributed by atoms with E-state index in [0.29, 0.717) is 17.5 Å². The van der Waals surface area contributed by atoms with Crippen LogP contribution in [0, 0.1) is 17.0 Å². The van der Waals surface area contributed by atoms with Crippen molar-refractivity contribution < 1.29 is 8.78 Å². The Morgan fingerprint density at radius 2 is 1.91 bits per heavy atom. The van der Waals surface area contributed by atoms with Gasteiger partial charge in [-0.25, -0.2) is 8.78 Å². The first-order valence-electron chi connectivity index (χ1n) is 7.31. The van der Waals surface area contributed by atoms with Crippen LogP contribution < -0.4 is 11.3 Å². The Hall–Kier alpha value is -2.43. The number of hydrogen-bond acceptors (Lipinski definition) is 2. The molecule has 0 aliphatic rings. The van der Waals surface area contributed by atoms with E-state index in [1.165, 1.54) is 12.1 Å². The first kappa shape index (κ1) is 16.9. The molecular formula is C18H21F2N3. The van der Waals surface area contributed by atoms with Crippen LogP contribution in [0.2, 0.25) is 0 Å². The van der Waals surface area contributed by atoms with Crippen molar-refractivity contribution >= 4 is 5.70 Å². The molecule has 0 spiro atoms. The second-order valence-corrected chi connectivity index (χ2v) is 6.50. The van der Waals surface area contributed by atoms with E-state index < -0.39 is 11.6 Å². The number of allylic oxidation sites excluding steroid dienone is 1. The molecule has 1 heterocycles. The number of nitrogens with zero attached hydrogens (tertiary/aromatic N) is 2. The van der Waals surface area contributed by atoms with Gasteiger partial charge in [0.2, 0.25) is 0 Å². The van der Waals surface area contributed by atoms with Crippen molar-refractivity contribution in [3.8, 4) is 0 Å². The maximum Gasteiger partial charge on any atom is 0.156 e. The summed E-state index contributed by atoms with van der Waals surface area (Å²) in [5.74, 6) is 4.30. The minimum absolute atomic E-state index is 0.177. The van der Waals surface area contributed by atoms with E-state index in [1.807, 2.05) is 33.0 Å². The van der Waals surface area contributed by atoms with Crippen molar-refractivity contribution in [3.05, 3.63) is 71.4 Å². The molecule has 1 aromatic heterocycles. The highest BCUT2D eigenvalue weighted by atomic mass is 19.1. The number of hydrogen-bond donors (Lipinski definition) is 1. The van der Waals surface area contributed by atoms with E-state index in [4.69, 9.17) is 5.84 Å². The zero-order valence-corrected chi connectivity index (χ0v) is 13.6. The van der Waals surface area contributed by atoms with Crippen molar-refractivity contribution in [3.63, 3.8) is 0 Å². The molecule has 0 unspecified atom stereocenters. The minimum Gasteiger partial charge on any atom is -0.321 e. The molecule has 0 fully saturated rings. The second-order valence-electron chi connectivity index (χ2n) is 6.50. The van der Waals surface area contributed by atoms with Crippen LogP contribution in [0.5, 0.6) is 0 Å². The molecule has 0 bridgehead atoms. The van der Waals surface area contributed by atoms with Crippen molar-refractivity contribution in [1.29, 1.82) is 0 Å². The van der Waals surface area contributed by atoms with E-state index >= 15 is 0 Å². The molecule has 23 heavy (non-hydrogen) atoms. The lowest BCUT2D eigenvalue weighted by molar-refractivity contribution is 0.534. The molecule has 2 aromatic rings. The van der Waals surface area contributed by atoms with Gasteiger partial charge in [0.05, 0.1) is 0 Å². The third kappa shape index (κ3) is 3.86. The van der Waals surface area contributed by atoms with Crippen LogP contribution in [0.1, 0.15) is 31.9 Å². The van der Waals surface area contributed by atoms with E-state index in [2.05, 4.69) is 11.7 Å². The highest BCUT2D eigenvalue weighted by Crippen LogP contribution is 2.26. The average Bonchev–Trinajstić information content (AvgIpc) is 2.48. The number of aromatic nitrogens is 1. The van der Waals surface area contributed by atoms with Gasteiger partial charge >= 0.3 is 0 Å². The van der Waals surface area contributed by atoms with Gasteiger partial charge in [-0.05, 0) is 23.3 Å². The van der Waals surface area contributed by atoms with Gasteiger partial charge in [0, 0.05) is 29.8 Å². The quantitative estimate of drug-likeness (QED) is 0.681. The van der Waals surface area contributed by atoms with Crippen molar-refractivity contribution in [1.82, 2.24) is 4.57 Å². The van der Waals surface area contributed by atoms with Crippen LogP contribution in [-0.2, 0) is 6.42 Å². The lowest BCUT2D eigenvalue weighted by Gasteiger charge is -2.24. The third-order valence-electron chi connectivity index (χ3n) is 3.69. The van der Waals surface area contributed by atoms with Gasteiger partial charge in [-0.1, -0.05) is 39.5 Å². The Bertz CT molecular complexity index is 799. The van der Waals surface area contributed by atoms with E-state index in [9.17, 15) is 8.78 Å². The van der Waals surface area contributed by atoms with Crippen molar-refractivity contribution in [2.75, 3.05) is 0 Å². The summed E-state index contributed by atoms with van der Waals surface area (Å²) >= 11 is 0. The highest BCUT2D eigenvalue weighted by molar-refractivity contribution is 5.48. The third-order valence-corrected chi connectivity index (χ3v) is 3.69. The number of halogens is 2. The summed E-state index contributed by atoms with van der Waals surface area (Å²) < 4.78 is 28.6. The minimum atomic E-state index is -0.584. The molecule has 122 valence electrons. The van der Waals surface area contributed by atoms with Crippen LogP contribution in [0.15, 0.2) is 48.2 Å². The molecule has 0 saturated heterocycles. The number of benzene rings is 1. The van der Waals surface area contributed by atoms with Crippen LogP contribution in [0.3, 0.4) is 0 Å². The molecule has 0 amide bonds. The highest BCUT2D eigenvalue weighted by Gasteiger charge is 2.17. The van der Waals surface area contributed by atoms with Crippen LogP contribution in [0.25, 0.3) is 5.70 Å². The van der Waals surface area contributed by atoms with Gasteiger partial charge < -0.3 is 10.4 Å². The monoisotopic (exact) mass is 317 g/mol. The summed E-state index contributed by atoms with van der Waals surface area (Å²) in [7, 11) is 0. The molecule has 0 saturated carbocycles. The van der Waals surface area contributed by atoms with Crippen LogP contribution in [0.4, 0.5) is 8.78 Å². The Kier molecular flexibility index (Phi) is 4.68. The fourth-order valence-corrected chi connectivity index (χ4v) is 2.21. The van der Waals surface area contributed by atoms with Crippen LogP contribution in [-0.4, -0.2) is 4.57 Å². The first-order valence-corrected chi connectivity index (χ1v) is 7.31. The Morgan fingerprint density at radius 3 is 2.48 bits per heavy atom. The number of rotatable bonds is 3. The molecule has 0 atom stereocenters. The largest absolute Gasteiger partial charge is 0.321 e.